The molecule has 4 nitrogen and oxygen atoms in total. The standard InChI is InChI=1S/C21H25NO3/c1-3-4-7-17-9-11-19(12-10-17)22-20(23)15-25-21(24)14-18-8-5-6-16(2)13-18/h5-6,8-13H,3-4,7,14-15H2,1-2H3,(H,22,23). The molecule has 0 atom stereocenters. The van der Waals surface area contributed by atoms with Crippen LogP contribution in [0.5, 0.6) is 0 Å². The van der Waals surface area contributed by atoms with Crippen LogP contribution in [0.25, 0.3) is 0 Å². The summed E-state index contributed by atoms with van der Waals surface area (Å²) < 4.78 is 5.05. The molecule has 1 N–H and O–H groups in total. The molecule has 0 heterocycles. The Kier molecular flexibility index (Phi) is 7.20. The molecule has 2 aromatic rings. The number of rotatable bonds is 8. The molecular weight excluding hydrogens is 314 g/mol. The zero-order valence-corrected chi connectivity index (χ0v) is 14.9. The van der Waals surface area contributed by atoms with Crippen molar-refractivity contribution in [1.29, 1.82) is 0 Å². The van der Waals surface area contributed by atoms with Gasteiger partial charge in [-0.2, -0.15) is 0 Å². The van der Waals surface area contributed by atoms with E-state index in [2.05, 4.69) is 12.2 Å². The van der Waals surface area contributed by atoms with Crippen molar-refractivity contribution in [3.05, 3.63) is 65.2 Å². The number of unbranched alkanes of at least 4 members (excludes halogenated alkanes) is 1. The molecule has 0 spiro atoms. The van der Waals surface area contributed by atoms with Gasteiger partial charge in [0.2, 0.25) is 0 Å². The summed E-state index contributed by atoms with van der Waals surface area (Å²) in [5.74, 6) is -0.741. The predicted molar refractivity (Wildman–Crippen MR) is 99.5 cm³/mol. The van der Waals surface area contributed by atoms with Crippen molar-refractivity contribution >= 4 is 17.6 Å². The van der Waals surface area contributed by atoms with Crippen LogP contribution in [-0.4, -0.2) is 18.5 Å². The van der Waals surface area contributed by atoms with Crippen molar-refractivity contribution in [2.24, 2.45) is 0 Å². The molecule has 0 aromatic heterocycles. The minimum atomic E-state index is -0.407. The number of esters is 1. The molecule has 0 unspecified atom stereocenters. The van der Waals surface area contributed by atoms with Crippen molar-refractivity contribution in [1.82, 2.24) is 0 Å². The molecule has 0 aliphatic carbocycles. The van der Waals surface area contributed by atoms with E-state index in [0.717, 1.165) is 30.4 Å². The van der Waals surface area contributed by atoms with E-state index in [9.17, 15) is 9.59 Å². The van der Waals surface area contributed by atoms with Crippen LogP contribution in [0.15, 0.2) is 48.5 Å². The van der Waals surface area contributed by atoms with Crippen LogP contribution in [0.1, 0.15) is 36.5 Å². The largest absolute Gasteiger partial charge is 0.455 e. The fraction of sp³-hybridized carbons (Fsp3) is 0.333. The second-order valence-electron chi connectivity index (χ2n) is 6.18. The van der Waals surface area contributed by atoms with Gasteiger partial charge in [-0.1, -0.05) is 55.3 Å². The number of ether oxygens (including phenoxy) is 1. The first-order valence-electron chi connectivity index (χ1n) is 8.67. The smallest absolute Gasteiger partial charge is 0.310 e. The van der Waals surface area contributed by atoms with Crippen molar-refractivity contribution in [3.8, 4) is 0 Å². The highest BCUT2D eigenvalue weighted by Crippen LogP contribution is 2.12. The molecule has 2 rings (SSSR count). The van der Waals surface area contributed by atoms with Crippen LogP contribution in [0.2, 0.25) is 0 Å². The summed E-state index contributed by atoms with van der Waals surface area (Å²) in [5, 5.41) is 2.74. The van der Waals surface area contributed by atoms with Gasteiger partial charge in [-0.3, -0.25) is 9.59 Å². The van der Waals surface area contributed by atoms with Crippen molar-refractivity contribution in [2.45, 2.75) is 39.5 Å². The monoisotopic (exact) mass is 339 g/mol. The lowest BCUT2D eigenvalue weighted by molar-refractivity contribution is -0.146. The van der Waals surface area contributed by atoms with Crippen LogP contribution in [0.3, 0.4) is 0 Å². The van der Waals surface area contributed by atoms with Gasteiger partial charge in [-0.05, 0) is 43.0 Å². The number of amides is 1. The van der Waals surface area contributed by atoms with E-state index in [1.165, 1.54) is 5.56 Å². The van der Waals surface area contributed by atoms with E-state index in [0.29, 0.717) is 5.69 Å². The summed E-state index contributed by atoms with van der Waals surface area (Å²) in [6.45, 7) is 3.85. The van der Waals surface area contributed by atoms with Gasteiger partial charge in [-0.25, -0.2) is 0 Å². The SMILES string of the molecule is CCCCc1ccc(NC(=O)COC(=O)Cc2cccc(C)c2)cc1. The minimum Gasteiger partial charge on any atom is -0.455 e. The van der Waals surface area contributed by atoms with Crippen LogP contribution in [-0.2, 0) is 27.2 Å². The summed E-state index contributed by atoms with van der Waals surface area (Å²) in [6.07, 6.45) is 3.53. The minimum absolute atomic E-state index is 0.168. The van der Waals surface area contributed by atoms with E-state index in [1.807, 2.05) is 55.5 Å². The maximum absolute atomic E-state index is 11.9. The van der Waals surface area contributed by atoms with Crippen LogP contribution >= 0.6 is 0 Å². The van der Waals surface area contributed by atoms with E-state index in [1.54, 1.807) is 0 Å². The van der Waals surface area contributed by atoms with Gasteiger partial charge in [0.15, 0.2) is 6.61 Å². The van der Waals surface area contributed by atoms with E-state index < -0.39 is 5.97 Å². The first-order valence-corrected chi connectivity index (χ1v) is 8.67. The van der Waals surface area contributed by atoms with Gasteiger partial charge in [0.25, 0.3) is 5.91 Å². The van der Waals surface area contributed by atoms with Crippen LogP contribution < -0.4 is 5.32 Å². The molecule has 25 heavy (non-hydrogen) atoms. The Morgan fingerprint density at radius 2 is 1.80 bits per heavy atom. The highest BCUT2D eigenvalue weighted by Gasteiger charge is 2.09. The molecule has 0 radical (unpaired) electrons. The molecule has 2 aromatic carbocycles. The number of anilines is 1. The number of carbonyl (C=O) groups excluding carboxylic acids is 2. The van der Waals surface area contributed by atoms with Gasteiger partial charge in [0.05, 0.1) is 6.42 Å². The Bertz CT molecular complexity index is 707. The Labute approximate surface area is 149 Å². The number of hydrogen-bond donors (Lipinski definition) is 1. The Hall–Kier alpha value is -2.62. The lowest BCUT2D eigenvalue weighted by atomic mass is 10.1. The Morgan fingerprint density at radius 1 is 1.04 bits per heavy atom. The van der Waals surface area contributed by atoms with Crippen molar-refractivity contribution in [2.75, 3.05) is 11.9 Å². The maximum Gasteiger partial charge on any atom is 0.310 e. The molecule has 0 saturated heterocycles. The lowest BCUT2D eigenvalue weighted by Crippen LogP contribution is -2.21. The van der Waals surface area contributed by atoms with Gasteiger partial charge in [-0.15, -0.1) is 0 Å². The highest BCUT2D eigenvalue weighted by molar-refractivity contribution is 5.92. The maximum atomic E-state index is 11.9. The second-order valence-corrected chi connectivity index (χ2v) is 6.18. The zero-order valence-electron chi connectivity index (χ0n) is 14.9. The quantitative estimate of drug-likeness (QED) is 0.738. The number of carbonyl (C=O) groups is 2. The highest BCUT2D eigenvalue weighted by atomic mass is 16.5. The van der Waals surface area contributed by atoms with E-state index in [4.69, 9.17) is 4.74 Å². The third-order valence-corrected chi connectivity index (χ3v) is 3.85. The summed E-state index contributed by atoms with van der Waals surface area (Å²) in [4.78, 5) is 23.7. The topological polar surface area (TPSA) is 55.4 Å². The number of nitrogens with one attached hydrogen (secondary N) is 1. The van der Waals surface area contributed by atoms with Gasteiger partial charge in [0, 0.05) is 5.69 Å². The van der Waals surface area contributed by atoms with E-state index >= 15 is 0 Å². The molecule has 4 heteroatoms. The summed E-state index contributed by atoms with van der Waals surface area (Å²) in [5.41, 5.74) is 3.93. The van der Waals surface area contributed by atoms with Crippen LogP contribution in [0, 0.1) is 6.92 Å². The molecule has 1 amide bonds. The summed E-state index contributed by atoms with van der Waals surface area (Å²) in [7, 11) is 0. The van der Waals surface area contributed by atoms with Gasteiger partial charge >= 0.3 is 5.97 Å². The van der Waals surface area contributed by atoms with Crippen LogP contribution in [0.4, 0.5) is 5.69 Å². The molecule has 0 aliphatic heterocycles. The fourth-order valence-electron chi connectivity index (χ4n) is 2.52. The Morgan fingerprint density at radius 3 is 2.48 bits per heavy atom. The van der Waals surface area contributed by atoms with Gasteiger partial charge < -0.3 is 10.1 Å². The normalized spacial score (nSPS) is 10.3. The number of benzene rings is 2. The van der Waals surface area contributed by atoms with E-state index in [-0.39, 0.29) is 18.9 Å². The van der Waals surface area contributed by atoms with Crippen molar-refractivity contribution < 1.29 is 14.3 Å². The first kappa shape index (κ1) is 18.7. The fourth-order valence-corrected chi connectivity index (χ4v) is 2.52. The molecule has 0 fully saturated rings. The molecular formula is C21H25NO3. The molecule has 0 aliphatic rings. The molecule has 132 valence electrons. The first-order chi connectivity index (χ1) is 12.1. The molecule has 0 bridgehead atoms. The Balaban J connectivity index is 1.75. The summed E-state index contributed by atoms with van der Waals surface area (Å²) in [6, 6.07) is 15.4. The van der Waals surface area contributed by atoms with Gasteiger partial charge in [0.1, 0.15) is 0 Å². The number of aryl methyl sites for hydroxylation is 2. The third-order valence-electron chi connectivity index (χ3n) is 3.85. The number of hydrogen-bond acceptors (Lipinski definition) is 3. The third kappa shape index (κ3) is 6.79. The zero-order chi connectivity index (χ0) is 18.1. The average Bonchev–Trinajstić information content (AvgIpc) is 2.59. The molecule has 0 saturated carbocycles. The van der Waals surface area contributed by atoms with Crippen molar-refractivity contribution in [3.63, 3.8) is 0 Å². The average molecular weight is 339 g/mol. The summed E-state index contributed by atoms with van der Waals surface area (Å²) >= 11 is 0. The predicted octanol–water partition coefficient (Wildman–Crippen LogP) is 4.06. The lowest BCUT2D eigenvalue weighted by Gasteiger charge is -2.08. The second kappa shape index (κ2) is 9.62.